The maximum atomic E-state index is 11.6. The molecule has 1 aromatic rings. The second kappa shape index (κ2) is 4.70. The zero-order valence-electron chi connectivity index (χ0n) is 9.74. The van der Waals surface area contributed by atoms with E-state index >= 15 is 0 Å². The molecule has 0 amide bonds. The Morgan fingerprint density at radius 1 is 1.62 bits per heavy atom. The number of carbonyl (C=O) groups is 1. The van der Waals surface area contributed by atoms with Gasteiger partial charge < -0.3 is 0 Å². The van der Waals surface area contributed by atoms with E-state index in [1.54, 1.807) is 0 Å². The zero-order chi connectivity index (χ0) is 11.7. The highest BCUT2D eigenvalue weighted by atomic mass is 79.9. The average Bonchev–Trinajstić information content (AvgIpc) is 3.00. The molecule has 0 atom stereocenters. The third-order valence-corrected chi connectivity index (χ3v) is 3.64. The predicted octanol–water partition coefficient (Wildman–Crippen LogP) is 3.14. The summed E-state index contributed by atoms with van der Waals surface area (Å²) in [6.45, 7) is 4.21. The van der Waals surface area contributed by atoms with E-state index < -0.39 is 0 Å². The lowest BCUT2D eigenvalue weighted by Crippen LogP contribution is -2.10. The lowest BCUT2D eigenvalue weighted by molar-refractivity contribution is -0.120. The van der Waals surface area contributed by atoms with Gasteiger partial charge in [0.2, 0.25) is 0 Å². The third-order valence-electron chi connectivity index (χ3n) is 2.98. The molecule has 1 saturated carbocycles. The minimum Gasteiger partial charge on any atom is -0.299 e. The van der Waals surface area contributed by atoms with Gasteiger partial charge in [0.15, 0.2) is 0 Å². The van der Waals surface area contributed by atoms with Crippen LogP contribution in [0.1, 0.15) is 44.8 Å². The van der Waals surface area contributed by atoms with Gasteiger partial charge >= 0.3 is 0 Å². The fraction of sp³-hybridized carbons (Fsp3) is 0.667. The number of hydrogen-bond donors (Lipinski definition) is 0. The van der Waals surface area contributed by atoms with E-state index in [1.807, 2.05) is 10.9 Å². The van der Waals surface area contributed by atoms with Crippen LogP contribution in [-0.4, -0.2) is 15.6 Å². The van der Waals surface area contributed by atoms with Crippen molar-refractivity contribution in [2.24, 2.45) is 5.92 Å². The van der Waals surface area contributed by atoms with Crippen LogP contribution in [0.2, 0.25) is 0 Å². The van der Waals surface area contributed by atoms with Crippen LogP contribution in [0.3, 0.4) is 0 Å². The molecule has 1 aliphatic rings. The Balaban J connectivity index is 2.01. The van der Waals surface area contributed by atoms with Gasteiger partial charge in [0.1, 0.15) is 5.78 Å². The summed E-state index contributed by atoms with van der Waals surface area (Å²) >= 11 is 3.49. The summed E-state index contributed by atoms with van der Waals surface area (Å²) in [7, 11) is 0. The Bertz CT molecular complexity index is 394. The first kappa shape index (κ1) is 11.8. The molecule has 1 aromatic heterocycles. The molecule has 0 spiro atoms. The van der Waals surface area contributed by atoms with Crippen LogP contribution in [0, 0.1) is 5.92 Å². The van der Waals surface area contributed by atoms with Crippen LogP contribution in [0.25, 0.3) is 0 Å². The molecule has 3 nitrogen and oxygen atoms in total. The van der Waals surface area contributed by atoms with E-state index in [0.717, 1.165) is 29.4 Å². The van der Waals surface area contributed by atoms with Crippen molar-refractivity contribution in [3.63, 3.8) is 0 Å². The standard InChI is InChI=1S/C12H17BrN2O/c1-8(2)15-11(10(13)7-14-15)5-6-12(16)9-3-4-9/h7-9H,3-6H2,1-2H3. The second-order valence-electron chi connectivity index (χ2n) is 4.72. The first-order valence-electron chi connectivity index (χ1n) is 5.84. The number of ketones is 1. The predicted molar refractivity (Wildman–Crippen MR) is 66.4 cm³/mol. The number of rotatable bonds is 5. The van der Waals surface area contributed by atoms with Crippen molar-refractivity contribution in [3.8, 4) is 0 Å². The van der Waals surface area contributed by atoms with Gasteiger partial charge in [-0.05, 0) is 49.0 Å². The van der Waals surface area contributed by atoms with Gasteiger partial charge in [-0.15, -0.1) is 0 Å². The number of halogens is 1. The number of carbonyl (C=O) groups excluding carboxylic acids is 1. The first-order chi connectivity index (χ1) is 7.59. The minimum atomic E-state index is 0.345. The maximum Gasteiger partial charge on any atom is 0.136 e. The summed E-state index contributed by atoms with van der Waals surface area (Å²) in [5.74, 6) is 0.789. The van der Waals surface area contributed by atoms with Gasteiger partial charge in [0.25, 0.3) is 0 Å². The fourth-order valence-corrected chi connectivity index (χ4v) is 2.37. The molecule has 2 rings (SSSR count). The molecule has 1 aliphatic carbocycles. The molecular weight excluding hydrogens is 268 g/mol. The summed E-state index contributed by atoms with van der Waals surface area (Å²) in [5.41, 5.74) is 1.14. The van der Waals surface area contributed by atoms with Crippen LogP contribution in [0.4, 0.5) is 0 Å². The number of aromatic nitrogens is 2. The molecule has 0 aromatic carbocycles. The summed E-state index contributed by atoms with van der Waals surface area (Å²) < 4.78 is 3.01. The lowest BCUT2D eigenvalue weighted by atomic mass is 10.1. The highest BCUT2D eigenvalue weighted by Gasteiger charge is 2.29. The average molecular weight is 285 g/mol. The molecule has 0 bridgehead atoms. The highest BCUT2D eigenvalue weighted by molar-refractivity contribution is 9.10. The van der Waals surface area contributed by atoms with Crippen LogP contribution in [-0.2, 0) is 11.2 Å². The van der Waals surface area contributed by atoms with Crippen LogP contribution in [0.15, 0.2) is 10.7 Å². The summed E-state index contributed by atoms with van der Waals surface area (Å²) in [4.78, 5) is 11.6. The Kier molecular flexibility index (Phi) is 3.47. The van der Waals surface area contributed by atoms with E-state index in [0.29, 0.717) is 24.2 Å². The Morgan fingerprint density at radius 2 is 2.31 bits per heavy atom. The van der Waals surface area contributed by atoms with E-state index in [4.69, 9.17) is 0 Å². The highest BCUT2D eigenvalue weighted by Crippen LogP contribution is 2.31. The van der Waals surface area contributed by atoms with E-state index in [2.05, 4.69) is 34.9 Å². The molecule has 0 aliphatic heterocycles. The van der Waals surface area contributed by atoms with Crippen molar-refractivity contribution in [1.82, 2.24) is 9.78 Å². The molecule has 1 heterocycles. The van der Waals surface area contributed by atoms with E-state index in [9.17, 15) is 4.79 Å². The van der Waals surface area contributed by atoms with Crippen LogP contribution < -0.4 is 0 Å². The van der Waals surface area contributed by atoms with Gasteiger partial charge in [-0.3, -0.25) is 9.48 Å². The quantitative estimate of drug-likeness (QED) is 0.833. The molecule has 0 saturated heterocycles. The van der Waals surface area contributed by atoms with Crippen LogP contribution in [0.5, 0.6) is 0 Å². The van der Waals surface area contributed by atoms with E-state index in [-0.39, 0.29) is 0 Å². The van der Waals surface area contributed by atoms with Crippen molar-refractivity contribution < 1.29 is 4.79 Å². The monoisotopic (exact) mass is 284 g/mol. The number of Topliss-reactive ketones (excluding diaryl/α,β-unsaturated/α-hetero) is 1. The molecular formula is C12H17BrN2O. The largest absolute Gasteiger partial charge is 0.299 e. The normalized spacial score (nSPS) is 15.8. The summed E-state index contributed by atoms with van der Waals surface area (Å²) in [6.07, 6.45) is 5.47. The molecule has 0 unspecified atom stereocenters. The van der Waals surface area contributed by atoms with Crippen LogP contribution >= 0.6 is 15.9 Å². The topological polar surface area (TPSA) is 34.9 Å². The number of hydrogen-bond acceptors (Lipinski definition) is 2. The molecule has 1 fully saturated rings. The molecule has 88 valence electrons. The van der Waals surface area contributed by atoms with Gasteiger partial charge in [0.05, 0.1) is 16.4 Å². The van der Waals surface area contributed by atoms with Crippen molar-refractivity contribution in [1.29, 1.82) is 0 Å². The molecule has 4 heteroatoms. The minimum absolute atomic E-state index is 0.345. The second-order valence-corrected chi connectivity index (χ2v) is 5.57. The molecule has 16 heavy (non-hydrogen) atoms. The number of nitrogens with zero attached hydrogens (tertiary/aromatic N) is 2. The van der Waals surface area contributed by atoms with E-state index in [1.165, 1.54) is 0 Å². The third kappa shape index (κ3) is 2.54. The Hall–Kier alpha value is -0.640. The van der Waals surface area contributed by atoms with Gasteiger partial charge in [-0.25, -0.2) is 0 Å². The lowest BCUT2D eigenvalue weighted by Gasteiger charge is -2.11. The van der Waals surface area contributed by atoms with Crippen molar-refractivity contribution in [2.75, 3.05) is 0 Å². The Labute approximate surface area is 104 Å². The Morgan fingerprint density at radius 3 is 2.88 bits per heavy atom. The van der Waals surface area contributed by atoms with Crippen molar-refractivity contribution in [2.45, 2.75) is 45.6 Å². The smallest absolute Gasteiger partial charge is 0.136 e. The molecule has 0 radical (unpaired) electrons. The molecule has 0 N–H and O–H groups in total. The van der Waals surface area contributed by atoms with Crippen molar-refractivity contribution in [3.05, 3.63) is 16.4 Å². The SMILES string of the molecule is CC(C)n1ncc(Br)c1CCC(=O)C1CC1. The summed E-state index contributed by atoms with van der Waals surface area (Å²) in [6, 6.07) is 0.345. The zero-order valence-corrected chi connectivity index (χ0v) is 11.3. The van der Waals surface area contributed by atoms with Gasteiger partial charge in [-0.1, -0.05) is 0 Å². The van der Waals surface area contributed by atoms with Gasteiger partial charge in [0, 0.05) is 18.4 Å². The van der Waals surface area contributed by atoms with Crippen molar-refractivity contribution >= 4 is 21.7 Å². The maximum absolute atomic E-state index is 11.6. The van der Waals surface area contributed by atoms with Gasteiger partial charge in [-0.2, -0.15) is 5.10 Å². The fourth-order valence-electron chi connectivity index (χ4n) is 1.90. The first-order valence-corrected chi connectivity index (χ1v) is 6.63. The summed E-state index contributed by atoms with van der Waals surface area (Å²) in [5, 5.41) is 4.31.